The van der Waals surface area contributed by atoms with E-state index >= 15 is 0 Å². The Balaban J connectivity index is 1.56. The predicted molar refractivity (Wildman–Crippen MR) is 130 cm³/mol. The lowest BCUT2D eigenvalue weighted by Crippen LogP contribution is -2.29. The van der Waals surface area contributed by atoms with Crippen LogP contribution in [0.25, 0.3) is 10.9 Å². The van der Waals surface area contributed by atoms with Gasteiger partial charge in [-0.3, -0.25) is 14.2 Å². The fraction of sp³-hybridized carbons (Fsp3) is 0.192. The Labute approximate surface area is 195 Å². The fourth-order valence-electron chi connectivity index (χ4n) is 3.46. The molecule has 0 bridgehead atoms. The fourth-order valence-corrected chi connectivity index (χ4v) is 4.40. The van der Waals surface area contributed by atoms with Crippen LogP contribution >= 0.6 is 11.8 Å². The highest BCUT2D eigenvalue weighted by atomic mass is 32.2. The maximum Gasteiger partial charge on any atom is 0.262 e. The summed E-state index contributed by atoms with van der Waals surface area (Å²) in [5, 5.41) is 1.05. The van der Waals surface area contributed by atoms with Crippen LogP contribution in [0.1, 0.15) is 16.7 Å². The molecule has 0 fully saturated rings. The van der Waals surface area contributed by atoms with Gasteiger partial charge in [-0.05, 0) is 42.3 Å². The van der Waals surface area contributed by atoms with Crippen molar-refractivity contribution in [2.45, 2.75) is 25.2 Å². The topological polar surface area (TPSA) is 55.2 Å². The summed E-state index contributed by atoms with van der Waals surface area (Å²) in [6, 6.07) is 21.3. The highest BCUT2D eigenvalue weighted by molar-refractivity contribution is 7.99. The number of benzene rings is 3. The lowest BCUT2D eigenvalue weighted by atomic mass is 10.1. The van der Waals surface area contributed by atoms with Crippen LogP contribution in [0.15, 0.2) is 82.7 Å². The largest absolute Gasteiger partial charge is 0.341 e. The van der Waals surface area contributed by atoms with Gasteiger partial charge in [0.25, 0.3) is 5.56 Å². The van der Waals surface area contributed by atoms with Gasteiger partial charge in [0.05, 0.1) is 23.2 Å². The molecule has 0 unspecified atom stereocenters. The number of halogens is 1. The molecule has 7 heteroatoms. The van der Waals surface area contributed by atoms with Crippen LogP contribution in [0.5, 0.6) is 0 Å². The normalized spacial score (nSPS) is 11.0. The lowest BCUT2D eigenvalue weighted by Gasteiger charge is -2.18. The minimum absolute atomic E-state index is 0.103. The van der Waals surface area contributed by atoms with Crippen molar-refractivity contribution in [3.8, 4) is 0 Å². The molecule has 3 aromatic carbocycles. The zero-order chi connectivity index (χ0) is 23.4. The molecule has 4 rings (SSSR count). The Morgan fingerprint density at radius 2 is 1.67 bits per heavy atom. The van der Waals surface area contributed by atoms with Crippen molar-refractivity contribution in [3.63, 3.8) is 0 Å². The van der Waals surface area contributed by atoms with Crippen LogP contribution < -0.4 is 5.56 Å². The molecule has 1 heterocycles. The van der Waals surface area contributed by atoms with E-state index in [2.05, 4.69) is 4.98 Å². The number of thioether (sulfide) groups is 1. The number of aromatic nitrogens is 2. The Kier molecular flexibility index (Phi) is 6.89. The average Bonchev–Trinajstić information content (AvgIpc) is 2.82. The molecule has 0 N–H and O–H groups in total. The number of carbonyl (C=O) groups is 1. The highest BCUT2D eigenvalue weighted by Crippen LogP contribution is 2.20. The van der Waals surface area contributed by atoms with Crippen molar-refractivity contribution in [2.75, 3.05) is 12.8 Å². The maximum absolute atomic E-state index is 13.3. The van der Waals surface area contributed by atoms with Crippen molar-refractivity contribution in [1.29, 1.82) is 0 Å². The van der Waals surface area contributed by atoms with Crippen LogP contribution in [-0.2, 0) is 17.9 Å². The SMILES string of the molecule is Cc1ccc(Cn2c(SCC(=O)N(C)Cc3ccc(F)cc3)nc3ccccc3c2=O)cc1. The van der Waals surface area contributed by atoms with Gasteiger partial charge in [0, 0.05) is 13.6 Å². The molecule has 0 aliphatic heterocycles. The van der Waals surface area contributed by atoms with Crippen LogP contribution in [-0.4, -0.2) is 33.2 Å². The van der Waals surface area contributed by atoms with Crippen molar-refractivity contribution in [2.24, 2.45) is 0 Å². The number of para-hydroxylation sites is 1. The van der Waals surface area contributed by atoms with E-state index in [1.54, 1.807) is 40.8 Å². The van der Waals surface area contributed by atoms with E-state index in [-0.39, 0.29) is 23.0 Å². The van der Waals surface area contributed by atoms with Gasteiger partial charge in [0.15, 0.2) is 5.16 Å². The van der Waals surface area contributed by atoms with Crippen molar-refractivity contribution >= 4 is 28.6 Å². The summed E-state index contributed by atoms with van der Waals surface area (Å²) in [4.78, 5) is 32.3. The number of fused-ring (bicyclic) bond motifs is 1. The molecule has 0 aliphatic carbocycles. The first-order valence-electron chi connectivity index (χ1n) is 10.6. The number of carbonyl (C=O) groups excluding carboxylic acids is 1. The zero-order valence-corrected chi connectivity index (χ0v) is 19.3. The number of hydrogen-bond donors (Lipinski definition) is 0. The van der Waals surface area contributed by atoms with E-state index in [1.165, 1.54) is 23.9 Å². The summed E-state index contributed by atoms with van der Waals surface area (Å²) in [6.45, 7) is 2.77. The van der Waals surface area contributed by atoms with Crippen molar-refractivity contribution in [1.82, 2.24) is 14.5 Å². The monoisotopic (exact) mass is 461 g/mol. The van der Waals surface area contributed by atoms with Gasteiger partial charge in [0.2, 0.25) is 5.91 Å². The van der Waals surface area contributed by atoms with E-state index in [4.69, 9.17) is 0 Å². The first-order chi connectivity index (χ1) is 15.9. The third-order valence-corrected chi connectivity index (χ3v) is 6.33. The quantitative estimate of drug-likeness (QED) is 0.297. The van der Waals surface area contributed by atoms with Crippen molar-refractivity contribution in [3.05, 3.63) is 106 Å². The van der Waals surface area contributed by atoms with Gasteiger partial charge in [-0.2, -0.15) is 0 Å². The van der Waals surface area contributed by atoms with Gasteiger partial charge in [-0.15, -0.1) is 0 Å². The molecule has 1 aromatic heterocycles. The first-order valence-corrected chi connectivity index (χ1v) is 11.6. The molecule has 0 spiro atoms. The van der Waals surface area contributed by atoms with E-state index in [0.717, 1.165) is 16.7 Å². The molecule has 0 aliphatic rings. The van der Waals surface area contributed by atoms with E-state index in [9.17, 15) is 14.0 Å². The molecule has 1 amide bonds. The Bertz CT molecular complexity index is 1330. The van der Waals surface area contributed by atoms with E-state index in [1.807, 2.05) is 43.3 Å². The van der Waals surface area contributed by atoms with Crippen LogP contribution in [0.2, 0.25) is 0 Å². The summed E-state index contributed by atoms with van der Waals surface area (Å²) in [5.41, 5.74) is 3.46. The first kappa shape index (κ1) is 22.7. The Morgan fingerprint density at radius 3 is 2.39 bits per heavy atom. The van der Waals surface area contributed by atoms with E-state index in [0.29, 0.717) is 29.1 Å². The summed E-state index contributed by atoms with van der Waals surface area (Å²) in [5.74, 6) is -0.276. The lowest BCUT2D eigenvalue weighted by molar-refractivity contribution is -0.127. The summed E-state index contributed by atoms with van der Waals surface area (Å²) >= 11 is 1.25. The minimum atomic E-state index is -0.308. The van der Waals surface area contributed by atoms with Gasteiger partial charge in [0.1, 0.15) is 5.82 Å². The molecule has 4 aromatic rings. The third kappa shape index (κ3) is 5.49. The third-order valence-electron chi connectivity index (χ3n) is 5.37. The summed E-state index contributed by atoms with van der Waals surface area (Å²) < 4.78 is 14.8. The van der Waals surface area contributed by atoms with Crippen LogP contribution in [0.3, 0.4) is 0 Å². The number of nitrogens with zero attached hydrogens (tertiary/aromatic N) is 3. The molecule has 0 saturated carbocycles. The van der Waals surface area contributed by atoms with Crippen LogP contribution in [0, 0.1) is 12.7 Å². The average molecular weight is 462 g/mol. The number of hydrogen-bond acceptors (Lipinski definition) is 4. The second-order valence-electron chi connectivity index (χ2n) is 7.95. The smallest absolute Gasteiger partial charge is 0.262 e. The van der Waals surface area contributed by atoms with Gasteiger partial charge in [-0.1, -0.05) is 65.9 Å². The van der Waals surface area contributed by atoms with Crippen LogP contribution in [0.4, 0.5) is 4.39 Å². The molecule has 0 atom stereocenters. The number of rotatable bonds is 7. The predicted octanol–water partition coefficient (Wildman–Crippen LogP) is 4.64. The minimum Gasteiger partial charge on any atom is -0.341 e. The molecule has 5 nitrogen and oxygen atoms in total. The van der Waals surface area contributed by atoms with Crippen molar-refractivity contribution < 1.29 is 9.18 Å². The molecule has 0 saturated heterocycles. The second-order valence-corrected chi connectivity index (χ2v) is 8.90. The standard InChI is InChI=1S/C26H24FN3O2S/c1-18-7-9-20(10-8-18)16-30-25(32)22-5-3-4-6-23(22)28-26(30)33-17-24(31)29(2)15-19-11-13-21(27)14-12-19/h3-14H,15-17H2,1-2H3. The van der Waals surface area contributed by atoms with Gasteiger partial charge in [-0.25, -0.2) is 9.37 Å². The zero-order valence-electron chi connectivity index (χ0n) is 18.5. The number of amides is 1. The molecular weight excluding hydrogens is 437 g/mol. The maximum atomic E-state index is 13.3. The number of aryl methyl sites for hydroxylation is 1. The Hall–Kier alpha value is -3.45. The molecular formula is C26H24FN3O2S. The Morgan fingerprint density at radius 1 is 1.00 bits per heavy atom. The second kappa shape index (κ2) is 10.0. The summed E-state index contributed by atoms with van der Waals surface area (Å²) in [6.07, 6.45) is 0. The van der Waals surface area contributed by atoms with Gasteiger partial charge < -0.3 is 4.90 Å². The molecule has 0 radical (unpaired) electrons. The van der Waals surface area contributed by atoms with Gasteiger partial charge >= 0.3 is 0 Å². The molecule has 168 valence electrons. The summed E-state index contributed by atoms with van der Waals surface area (Å²) in [7, 11) is 1.71. The molecule has 33 heavy (non-hydrogen) atoms. The highest BCUT2D eigenvalue weighted by Gasteiger charge is 2.16. The van der Waals surface area contributed by atoms with E-state index < -0.39 is 0 Å².